The fourth-order valence-electron chi connectivity index (χ4n) is 2.57. The van der Waals surface area contributed by atoms with Gasteiger partial charge in [-0.05, 0) is 30.2 Å². The first kappa shape index (κ1) is 19.6. The third-order valence-corrected chi connectivity index (χ3v) is 4.04. The summed E-state index contributed by atoms with van der Waals surface area (Å²) in [4.78, 5) is 26.6. The summed E-state index contributed by atoms with van der Waals surface area (Å²) in [7, 11) is 0. The Balaban J connectivity index is 2.17. The number of nitrogens with zero attached hydrogens (tertiary/aromatic N) is 1. The first-order chi connectivity index (χ1) is 12.5. The summed E-state index contributed by atoms with van der Waals surface area (Å²) in [6, 6.07) is 14.4. The van der Waals surface area contributed by atoms with Crippen molar-refractivity contribution in [2.45, 2.75) is 25.9 Å². The summed E-state index contributed by atoms with van der Waals surface area (Å²) in [5.41, 5.74) is 1.58. The molecule has 26 heavy (non-hydrogen) atoms. The third-order valence-electron chi connectivity index (χ3n) is 4.04. The average Bonchev–Trinajstić information content (AvgIpc) is 2.65. The van der Waals surface area contributed by atoms with Gasteiger partial charge in [0.05, 0.1) is 13.0 Å². The zero-order valence-corrected chi connectivity index (χ0v) is 14.7. The normalized spacial score (nSPS) is 11.7. The van der Waals surface area contributed by atoms with Crippen LogP contribution in [0.5, 0.6) is 0 Å². The van der Waals surface area contributed by atoms with E-state index in [1.807, 2.05) is 30.3 Å². The van der Waals surface area contributed by atoms with Crippen LogP contribution in [-0.4, -0.2) is 41.0 Å². The lowest BCUT2D eigenvalue weighted by Crippen LogP contribution is -2.48. The number of halogens is 1. The van der Waals surface area contributed by atoms with Gasteiger partial charge in [-0.2, -0.15) is 0 Å². The van der Waals surface area contributed by atoms with Crippen molar-refractivity contribution < 1.29 is 19.1 Å². The highest BCUT2D eigenvalue weighted by Crippen LogP contribution is 2.13. The lowest BCUT2D eigenvalue weighted by molar-refractivity contribution is -0.140. The molecule has 2 N–H and O–H groups in total. The maximum atomic E-state index is 13.1. The minimum absolute atomic E-state index is 0.125. The number of rotatable bonds is 8. The van der Waals surface area contributed by atoms with Gasteiger partial charge < -0.3 is 15.3 Å². The van der Waals surface area contributed by atoms with Crippen LogP contribution in [0.4, 0.5) is 4.39 Å². The predicted octanol–water partition coefficient (Wildman–Crippen LogP) is 1.89. The van der Waals surface area contributed by atoms with E-state index in [0.717, 1.165) is 11.1 Å². The van der Waals surface area contributed by atoms with Gasteiger partial charge in [0, 0.05) is 13.1 Å². The molecule has 0 aromatic heterocycles. The van der Waals surface area contributed by atoms with E-state index >= 15 is 0 Å². The number of aliphatic hydroxyl groups excluding tert-OH is 1. The lowest BCUT2D eigenvalue weighted by Gasteiger charge is -2.29. The van der Waals surface area contributed by atoms with E-state index in [-0.39, 0.29) is 43.7 Å². The van der Waals surface area contributed by atoms with Crippen LogP contribution >= 0.6 is 0 Å². The summed E-state index contributed by atoms with van der Waals surface area (Å²) in [6.45, 7) is 1.79. The van der Waals surface area contributed by atoms with Crippen molar-refractivity contribution in [2.24, 2.45) is 0 Å². The summed E-state index contributed by atoms with van der Waals surface area (Å²) in [5.74, 6) is -0.903. The first-order valence-electron chi connectivity index (χ1n) is 8.47. The molecule has 0 heterocycles. The van der Waals surface area contributed by atoms with E-state index in [1.165, 1.54) is 17.0 Å². The fraction of sp³-hybridized carbons (Fsp3) is 0.300. The molecule has 138 valence electrons. The van der Waals surface area contributed by atoms with Crippen LogP contribution in [-0.2, 0) is 22.6 Å². The number of benzene rings is 2. The molecule has 2 aromatic carbocycles. The Morgan fingerprint density at radius 2 is 1.73 bits per heavy atom. The van der Waals surface area contributed by atoms with Crippen molar-refractivity contribution in [1.29, 1.82) is 0 Å². The number of hydrogen-bond donors (Lipinski definition) is 2. The molecule has 2 aromatic rings. The molecule has 0 aliphatic heterocycles. The fourth-order valence-corrected chi connectivity index (χ4v) is 2.57. The van der Waals surface area contributed by atoms with Crippen molar-refractivity contribution >= 4 is 11.8 Å². The van der Waals surface area contributed by atoms with E-state index in [0.29, 0.717) is 0 Å². The van der Waals surface area contributed by atoms with Crippen LogP contribution in [0.1, 0.15) is 18.1 Å². The van der Waals surface area contributed by atoms with Gasteiger partial charge in [0.2, 0.25) is 11.8 Å². The largest absolute Gasteiger partial charge is 0.395 e. The number of carbonyl (C=O) groups excluding carboxylic acids is 2. The van der Waals surface area contributed by atoms with E-state index in [1.54, 1.807) is 19.1 Å². The maximum Gasteiger partial charge on any atom is 0.242 e. The highest BCUT2D eigenvalue weighted by atomic mass is 19.1. The van der Waals surface area contributed by atoms with Crippen molar-refractivity contribution in [1.82, 2.24) is 10.2 Å². The molecular weight excluding hydrogens is 335 g/mol. The summed E-state index contributed by atoms with van der Waals surface area (Å²) >= 11 is 0. The second kappa shape index (κ2) is 9.68. The van der Waals surface area contributed by atoms with E-state index in [9.17, 15) is 14.0 Å². The first-order valence-corrected chi connectivity index (χ1v) is 8.47. The molecule has 0 radical (unpaired) electrons. The van der Waals surface area contributed by atoms with Gasteiger partial charge in [-0.1, -0.05) is 42.5 Å². The average molecular weight is 358 g/mol. The number of hydrogen-bond acceptors (Lipinski definition) is 3. The highest BCUT2D eigenvalue weighted by molar-refractivity contribution is 5.88. The van der Waals surface area contributed by atoms with Gasteiger partial charge in [0.25, 0.3) is 0 Å². The Kier molecular flexibility index (Phi) is 7.29. The minimum Gasteiger partial charge on any atom is -0.395 e. The van der Waals surface area contributed by atoms with Crippen molar-refractivity contribution in [3.8, 4) is 0 Å². The summed E-state index contributed by atoms with van der Waals surface area (Å²) < 4.78 is 13.1. The number of amides is 2. The lowest BCUT2D eigenvalue weighted by atomic mass is 10.1. The molecule has 2 amide bonds. The standard InChI is InChI=1S/C20H23FN2O3/c1-15(20(26)22-11-12-24)23(14-17-7-9-18(21)10-8-17)19(25)13-16-5-3-2-4-6-16/h2-10,15,24H,11-14H2,1H3,(H,22,26)/t15-/m1/s1. The quantitative estimate of drug-likeness (QED) is 0.757. The predicted molar refractivity (Wildman–Crippen MR) is 96.7 cm³/mol. The van der Waals surface area contributed by atoms with Crippen molar-refractivity contribution in [2.75, 3.05) is 13.2 Å². The smallest absolute Gasteiger partial charge is 0.242 e. The molecule has 0 bridgehead atoms. The van der Waals surface area contributed by atoms with E-state index in [4.69, 9.17) is 5.11 Å². The van der Waals surface area contributed by atoms with Crippen LogP contribution < -0.4 is 5.32 Å². The highest BCUT2D eigenvalue weighted by Gasteiger charge is 2.26. The zero-order valence-electron chi connectivity index (χ0n) is 14.7. The van der Waals surface area contributed by atoms with Gasteiger partial charge in [0.15, 0.2) is 0 Å². The van der Waals surface area contributed by atoms with Crippen molar-refractivity contribution in [3.05, 3.63) is 71.5 Å². The Morgan fingerprint density at radius 1 is 1.08 bits per heavy atom. The molecule has 0 aliphatic carbocycles. The number of aliphatic hydroxyl groups is 1. The minimum atomic E-state index is -0.720. The maximum absolute atomic E-state index is 13.1. The molecule has 1 atom stereocenters. The molecule has 0 fully saturated rings. The third kappa shape index (κ3) is 5.67. The summed E-state index contributed by atoms with van der Waals surface area (Å²) in [6.07, 6.45) is 0.166. The monoisotopic (exact) mass is 358 g/mol. The molecule has 0 saturated heterocycles. The Hall–Kier alpha value is -2.73. The van der Waals surface area contributed by atoms with E-state index in [2.05, 4.69) is 5.32 Å². The Bertz CT molecular complexity index is 720. The van der Waals surface area contributed by atoms with Gasteiger partial charge in [0.1, 0.15) is 11.9 Å². The van der Waals surface area contributed by atoms with Crippen LogP contribution in [0.2, 0.25) is 0 Å². The van der Waals surface area contributed by atoms with Crippen LogP contribution in [0.15, 0.2) is 54.6 Å². The van der Waals surface area contributed by atoms with Crippen molar-refractivity contribution in [3.63, 3.8) is 0 Å². The van der Waals surface area contributed by atoms with Crippen LogP contribution in [0, 0.1) is 5.82 Å². The topological polar surface area (TPSA) is 69.6 Å². The molecular formula is C20H23FN2O3. The molecule has 5 nitrogen and oxygen atoms in total. The summed E-state index contributed by atoms with van der Waals surface area (Å²) in [5, 5.41) is 11.5. The molecule has 0 aliphatic rings. The van der Waals surface area contributed by atoms with Gasteiger partial charge in [-0.3, -0.25) is 9.59 Å². The Morgan fingerprint density at radius 3 is 2.35 bits per heavy atom. The second-order valence-corrected chi connectivity index (χ2v) is 6.00. The van der Waals surface area contributed by atoms with Gasteiger partial charge >= 0.3 is 0 Å². The number of nitrogens with one attached hydrogen (secondary N) is 1. The second-order valence-electron chi connectivity index (χ2n) is 6.00. The molecule has 2 rings (SSSR count). The zero-order chi connectivity index (χ0) is 18.9. The van der Waals surface area contributed by atoms with Crippen LogP contribution in [0.3, 0.4) is 0 Å². The molecule has 0 saturated carbocycles. The Labute approximate surface area is 152 Å². The van der Waals surface area contributed by atoms with Gasteiger partial charge in [-0.15, -0.1) is 0 Å². The van der Waals surface area contributed by atoms with Gasteiger partial charge in [-0.25, -0.2) is 4.39 Å². The SMILES string of the molecule is C[C@H](C(=O)NCCO)N(Cc1ccc(F)cc1)C(=O)Cc1ccccc1. The number of carbonyl (C=O) groups is 2. The van der Waals surface area contributed by atoms with Crippen LogP contribution in [0.25, 0.3) is 0 Å². The molecule has 0 spiro atoms. The van der Waals surface area contributed by atoms with E-state index < -0.39 is 6.04 Å². The molecule has 0 unspecified atom stereocenters. The molecule has 6 heteroatoms.